The number of nitrogens with one attached hydrogen (secondary N) is 1. The first kappa shape index (κ1) is 15.3. The molecule has 1 saturated carbocycles. The molecule has 0 amide bonds. The SMILES string of the molecule is CC(C)(C)NCC1CCCCN1CC1(O)CCCC1. The molecule has 1 unspecified atom stereocenters. The fraction of sp³-hybridized carbons (Fsp3) is 1.00. The molecule has 1 heterocycles. The van der Waals surface area contributed by atoms with Crippen LogP contribution < -0.4 is 5.32 Å². The first-order valence-corrected chi connectivity index (χ1v) is 8.09. The Balaban J connectivity index is 1.88. The van der Waals surface area contributed by atoms with Gasteiger partial charge < -0.3 is 10.4 Å². The molecule has 1 saturated heterocycles. The summed E-state index contributed by atoms with van der Waals surface area (Å²) in [5, 5.41) is 14.3. The van der Waals surface area contributed by atoms with Gasteiger partial charge >= 0.3 is 0 Å². The van der Waals surface area contributed by atoms with Crippen molar-refractivity contribution in [3.05, 3.63) is 0 Å². The van der Waals surface area contributed by atoms with Crippen molar-refractivity contribution in [2.75, 3.05) is 19.6 Å². The molecule has 0 aromatic rings. The van der Waals surface area contributed by atoms with Crippen molar-refractivity contribution in [1.82, 2.24) is 10.2 Å². The monoisotopic (exact) mass is 268 g/mol. The van der Waals surface area contributed by atoms with E-state index in [9.17, 15) is 5.11 Å². The highest BCUT2D eigenvalue weighted by Crippen LogP contribution is 2.32. The molecular weight excluding hydrogens is 236 g/mol. The summed E-state index contributed by atoms with van der Waals surface area (Å²) < 4.78 is 0. The van der Waals surface area contributed by atoms with Gasteiger partial charge in [0.1, 0.15) is 0 Å². The number of rotatable bonds is 4. The van der Waals surface area contributed by atoms with Crippen molar-refractivity contribution in [2.24, 2.45) is 0 Å². The Kier molecular flexibility index (Phi) is 4.91. The summed E-state index contributed by atoms with van der Waals surface area (Å²) in [5.41, 5.74) is -0.204. The molecule has 3 nitrogen and oxygen atoms in total. The normalized spacial score (nSPS) is 28.7. The van der Waals surface area contributed by atoms with Gasteiger partial charge in [0.05, 0.1) is 5.60 Å². The van der Waals surface area contributed by atoms with E-state index in [1.807, 2.05) is 0 Å². The lowest BCUT2D eigenvalue weighted by atomic mass is 9.95. The molecule has 0 spiro atoms. The van der Waals surface area contributed by atoms with Crippen LogP contribution in [0.3, 0.4) is 0 Å². The average Bonchev–Trinajstić information content (AvgIpc) is 2.74. The van der Waals surface area contributed by atoms with Crippen LogP contribution in [-0.4, -0.2) is 46.8 Å². The second-order valence-corrected chi connectivity index (χ2v) is 7.68. The summed E-state index contributed by atoms with van der Waals surface area (Å²) in [6.07, 6.45) is 8.32. The minimum Gasteiger partial charge on any atom is -0.389 e. The number of hydrogen-bond donors (Lipinski definition) is 2. The number of nitrogens with zero attached hydrogens (tertiary/aromatic N) is 1. The van der Waals surface area contributed by atoms with E-state index in [0.29, 0.717) is 6.04 Å². The van der Waals surface area contributed by atoms with E-state index in [1.54, 1.807) is 0 Å². The summed E-state index contributed by atoms with van der Waals surface area (Å²) in [5.74, 6) is 0. The lowest BCUT2D eigenvalue weighted by Crippen LogP contribution is -2.53. The van der Waals surface area contributed by atoms with Crippen molar-refractivity contribution in [3.63, 3.8) is 0 Å². The standard InChI is InChI=1S/C16H32N2O/c1-15(2,3)17-12-14-8-4-7-11-18(14)13-16(19)9-5-6-10-16/h14,17,19H,4-13H2,1-3H3. The zero-order valence-corrected chi connectivity index (χ0v) is 13.0. The van der Waals surface area contributed by atoms with Crippen LogP contribution in [0.1, 0.15) is 65.7 Å². The van der Waals surface area contributed by atoms with Crippen LogP contribution in [-0.2, 0) is 0 Å². The largest absolute Gasteiger partial charge is 0.389 e. The average molecular weight is 268 g/mol. The molecule has 2 aliphatic rings. The third-order valence-corrected chi connectivity index (χ3v) is 4.65. The molecule has 0 bridgehead atoms. The van der Waals surface area contributed by atoms with Gasteiger partial charge in [-0.3, -0.25) is 4.90 Å². The Hall–Kier alpha value is -0.120. The molecule has 2 N–H and O–H groups in total. The predicted octanol–water partition coefficient (Wildman–Crippen LogP) is 2.53. The van der Waals surface area contributed by atoms with E-state index < -0.39 is 5.60 Å². The quantitative estimate of drug-likeness (QED) is 0.822. The third kappa shape index (κ3) is 4.73. The highest BCUT2D eigenvalue weighted by atomic mass is 16.3. The number of likely N-dealkylation sites (tertiary alicyclic amines) is 1. The van der Waals surface area contributed by atoms with Gasteiger partial charge in [-0.15, -0.1) is 0 Å². The molecule has 0 aromatic carbocycles. The van der Waals surface area contributed by atoms with Crippen LogP contribution in [0.2, 0.25) is 0 Å². The molecule has 0 aromatic heterocycles. The topological polar surface area (TPSA) is 35.5 Å². The second-order valence-electron chi connectivity index (χ2n) is 7.68. The Bertz CT molecular complexity index is 279. The minimum absolute atomic E-state index is 0.188. The molecule has 1 aliphatic heterocycles. The summed E-state index contributed by atoms with van der Waals surface area (Å²) in [4.78, 5) is 2.55. The number of aliphatic hydroxyl groups is 1. The smallest absolute Gasteiger partial charge is 0.0774 e. The van der Waals surface area contributed by atoms with Gasteiger partial charge in [0.25, 0.3) is 0 Å². The van der Waals surface area contributed by atoms with Gasteiger partial charge in [-0.25, -0.2) is 0 Å². The molecule has 112 valence electrons. The lowest BCUT2D eigenvalue weighted by Gasteiger charge is -2.41. The van der Waals surface area contributed by atoms with Crippen molar-refractivity contribution in [3.8, 4) is 0 Å². The lowest BCUT2D eigenvalue weighted by molar-refractivity contribution is -0.0126. The molecule has 3 heteroatoms. The van der Waals surface area contributed by atoms with Crippen LogP contribution in [0.25, 0.3) is 0 Å². The van der Waals surface area contributed by atoms with Crippen LogP contribution in [0.5, 0.6) is 0 Å². The maximum absolute atomic E-state index is 10.6. The van der Waals surface area contributed by atoms with E-state index in [1.165, 1.54) is 38.6 Å². The van der Waals surface area contributed by atoms with E-state index in [2.05, 4.69) is 31.0 Å². The van der Waals surface area contributed by atoms with Gasteiger partial charge in [-0.05, 0) is 53.0 Å². The van der Waals surface area contributed by atoms with E-state index in [-0.39, 0.29) is 5.54 Å². The van der Waals surface area contributed by atoms with Crippen LogP contribution in [0.15, 0.2) is 0 Å². The first-order chi connectivity index (χ1) is 8.88. The summed E-state index contributed by atoms with van der Waals surface area (Å²) in [6.45, 7) is 9.79. The van der Waals surface area contributed by atoms with Gasteiger partial charge in [0.2, 0.25) is 0 Å². The number of hydrogen-bond acceptors (Lipinski definition) is 3. The minimum atomic E-state index is -0.392. The number of β-amino-alcohol motifs (C(OH)–C–C–N with tert-alkyl or cyclic N) is 1. The van der Waals surface area contributed by atoms with E-state index in [4.69, 9.17) is 0 Å². The maximum Gasteiger partial charge on any atom is 0.0774 e. The maximum atomic E-state index is 10.6. The van der Waals surface area contributed by atoms with E-state index in [0.717, 1.165) is 25.9 Å². The van der Waals surface area contributed by atoms with Gasteiger partial charge in [-0.1, -0.05) is 19.3 Å². The van der Waals surface area contributed by atoms with Crippen molar-refractivity contribution >= 4 is 0 Å². The van der Waals surface area contributed by atoms with Crippen molar-refractivity contribution in [2.45, 2.75) is 82.9 Å². The molecule has 1 atom stereocenters. The highest BCUT2D eigenvalue weighted by molar-refractivity contribution is 4.91. The molecule has 2 fully saturated rings. The van der Waals surface area contributed by atoms with Crippen molar-refractivity contribution < 1.29 is 5.11 Å². The highest BCUT2D eigenvalue weighted by Gasteiger charge is 2.35. The Labute approximate surface area is 118 Å². The second kappa shape index (κ2) is 6.11. The van der Waals surface area contributed by atoms with Crippen LogP contribution >= 0.6 is 0 Å². The Morgan fingerprint density at radius 1 is 1.16 bits per heavy atom. The fourth-order valence-electron chi connectivity index (χ4n) is 3.49. The van der Waals surface area contributed by atoms with Gasteiger partial charge in [-0.2, -0.15) is 0 Å². The van der Waals surface area contributed by atoms with Gasteiger partial charge in [0, 0.05) is 24.7 Å². The molecular formula is C16H32N2O. The zero-order chi connectivity index (χ0) is 13.9. The van der Waals surface area contributed by atoms with E-state index >= 15 is 0 Å². The third-order valence-electron chi connectivity index (χ3n) is 4.65. The predicted molar refractivity (Wildman–Crippen MR) is 80.4 cm³/mol. The van der Waals surface area contributed by atoms with Crippen LogP contribution in [0.4, 0.5) is 0 Å². The molecule has 19 heavy (non-hydrogen) atoms. The molecule has 0 radical (unpaired) electrons. The molecule has 2 rings (SSSR count). The van der Waals surface area contributed by atoms with Crippen LogP contribution in [0, 0.1) is 0 Å². The van der Waals surface area contributed by atoms with Crippen molar-refractivity contribution in [1.29, 1.82) is 0 Å². The summed E-state index contributed by atoms with van der Waals surface area (Å²) in [6, 6.07) is 0.609. The summed E-state index contributed by atoms with van der Waals surface area (Å²) in [7, 11) is 0. The first-order valence-electron chi connectivity index (χ1n) is 8.09. The molecule has 1 aliphatic carbocycles. The summed E-state index contributed by atoms with van der Waals surface area (Å²) >= 11 is 0. The number of piperidine rings is 1. The van der Waals surface area contributed by atoms with Gasteiger partial charge in [0.15, 0.2) is 0 Å². The Morgan fingerprint density at radius 2 is 1.84 bits per heavy atom. The Morgan fingerprint density at radius 3 is 2.47 bits per heavy atom. The zero-order valence-electron chi connectivity index (χ0n) is 13.0. The fourth-order valence-corrected chi connectivity index (χ4v) is 3.49.